The molecule has 0 aliphatic carbocycles. The lowest BCUT2D eigenvalue weighted by Gasteiger charge is -1.75. The summed E-state index contributed by atoms with van der Waals surface area (Å²) < 4.78 is 0. The molecule has 0 saturated carbocycles. The quantitative estimate of drug-likeness (QED) is 0.465. The van der Waals surface area contributed by atoms with E-state index in [-0.39, 0.29) is 0 Å². The van der Waals surface area contributed by atoms with Gasteiger partial charge in [0.1, 0.15) is 0 Å². The third-order valence-corrected chi connectivity index (χ3v) is 1.42. The van der Waals surface area contributed by atoms with E-state index >= 15 is 0 Å². The van der Waals surface area contributed by atoms with Crippen LogP contribution in [-0.4, -0.2) is 0 Å². The Kier molecular flexibility index (Phi) is 10.4. The van der Waals surface area contributed by atoms with Crippen LogP contribution in [0.25, 0.3) is 0 Å². The summed E-state index contributed by atoms with van der Waals surface area (Å²) in [6.07, 6.45) is 11.8. The smallest absolute Gasteiger partial charge is 0.00896 e. The van der Waals surface area contributed by atoms with Gasteiger partial charge in [-0.2, -0.15) is 0 Å². The number of rotatable bonds is 3. The van der Waals surface area contributed by atoms with E-state index < -0.39 is 0 Å². The summed E-state index contributed by atoms with van der Waals surface area (Å²) in [7, 11) is 0. The minimum Gasteiger partial charge on any atom is -0.0985 e. The first-order chi connectivity index (χ1) is 6.91. The van der Waals surface area contributed by atoms with Gasteiger partial charge in [0.05, 0.1) is 0 Å². The summed E-state index contributed by atoms with van der Waals surface area (Å²) in [4.78, 5) is 0. The van der Waals surface area contributed by atoms with Gasteiger partial charge in [-0.25, -0.2) is 0 Å². The minimum atomic E-state index is 0.977. The highest BCUT2D eigenvalue weighted by atomic mass is 13.7. The van der Waals surface area contributed by atoms with Crippen molar-refractivity contribution in [3.63, 3.8) is 0 Å². The van der Waals surface area contributed by atoms with Crippen molar-refractivity contribution < 1.29 is 0 Å². The van der Waals surface area contributed by atoms with Crippen molar-refractivity contribution in [3.05, 3.63) is 24.3 Å². The summed E-state index contributed by atoms with van der Waals surface area (Å²) in [6.45, 7) is 4.25. The predicted octanol–water partition coefficient (Wildman–Crippen LogP) is 3.71. The molecule has 74 valence electrons. The Morgan fingerprint density at radius 1 is 0.786 bits per heavy atom. The van der Waals surface area contributed by atoms with Crippen molar-refractivity contribution in [1.82, 2.24) is 0 Å². The number of unbranched alkanes of at least 4 members (excludes halogenated alkanes) is 2. The fourth-order valence-electron chi connectivity index (χ4n) is 0.720. The highest BCUT2D eigenvalue weighted by Crippen LogP contribution is 1.83. The SMILES string of the molecule is CCCC#C/C=C\C=C/C#CCCC. The molecule has 0 heterocycles. The van der Waals surface area contributed by atoms with Crippen LogP contribution < -0.4 is 0 Å². The van der Waals surface area contributed by atoms with Crippen LogP contribution in [0.2, 0.25) is 0 Å². The van der Waals surface area contributed by atoms with Crippen molar-refractivity contribution in [2.45, 2.75) is 39.5 Å². The van der Waals surface area contributed by atoms with Gasteiger partial charge < -0.3 is 0 Å². The fourth-order valence-corrected chi connectivity index (χ4v) is 0.720. The third kappa shape index (κ3) is 10.6. The van der Waals surface area contributed by atoms with Crippen LogP contribution in [0.3, 0.4) is 0 Å². The molecule has 0 unspecified atom stereocenters. The molecule has 0 spiro atoms. The highest BCUT2D eigenvalue weighted by molar-refractivity contribution is 5.24. The summed E-state index contributed by atoms with van der Waals surface area (Å²) >= 11 is 0. The van der Waals surface area contributed by atoms with Crippen molar-refractivity contribution >= 4 is 0 Å². The maximum atomic E-state index is 3.04. The molecule has 0 aliphatic rings. The number of hydrogen-bond acceptors (Lipinski definition) is 0. The van der Waals surface area contributed by atoms with Crippen LogP contribution in [0.5, 0.6) is 0 Å². The molecule has 0 saturated heterocycles. The molecule has 0 amide bonds. The van der Waals surface area contributed by atoms with Crippen LogP contribution in [0, 0.1) is 23.7 Å². The van der Waals surface area contributed by atoms with E-state index in [0.29, 0.717) is 0 Å². The van der Waals surface area contributed by atoms with Crippen LogP contribution in [-0.2, 0) is 0 Å². The second kappa shape index (κ2) is 11.6. The molecule has 0 nitrogen and oxygen atoms in total. The Bertz CT molecular complexity index is 251. The van der Waals surface area contributed by atoms with Gasteiger partial charge in [-0.15, -0.1) is 0 Å². The molecule has 0 aromatic carbocycles. The molecule has 0 aromatic rings. The summed E-state index contributed by atoms with van der Waals surface area (Å²) in [5, 5.41) is 0. The van der Waals surface area contributed by atoms with E-state index in [1.54, 1.807) is 0 Å². The summed E-state index contributed by atoms with van der Waals surface area (Å²) in [6, 6.07) is 0. The molecule has 0 fully saturated rings. The van der Waals surface area contributed by atoms with E-state index in [0.717, 1.165) is 25.7 Å². The molecule has 0 heteroatoms. The topological polar surface area (TPSA) is 0 Å². The number of allylic oxidation sites excluding steroid dienone is 4. The first-order valence-corrected chi connectivity index (χ1v) is 5.20. The lowest BCUT2D eigenvalue weighted by molar-refractivity contribution is 0.983. The third-order valence-electron chi connectivity index (χ3n) is 1.42. The van der Waals surface area contributed by atoms with E-state index in [2.05, 4.69) is 37.5 Å². The average molecular weight is 186 g/mol. The normalized spacial score (nSPS) is 9.57. The molecule has 0 N–H and O–H groups in total. The van der Waals surface area contributed by atoms with E-state index in [1.807, 2.05) is 24.3 Å². The predicted molar refractivity (Wildman–Crippen MR) is 63.6 cm³/mol. The van der Waals surface area contributed by atoms with Gasteiger partial charge in [-0.05, 0) is 25.0 Å². The van der Waals surface area contributed by atoms with Gasteiger partial charge in [-0.1, -0.05) is 49.7 Å². The van der Waals surface area contributed by atoms with Crippen molar-refractivity contribution in [3.8, 4) is 23.7 Å². The van der Waals surface area contributed by atoms with Gasteiger partial charge in [-0.3, -0.25) is 0 Å². The zero-order valence-corrected chi connectivity index (χ0v) is 9.14. The Morgan fingerprint density at radius 2 is 1.21 bits per heavy atom. The first kappa shape index (κ1) is 12.6. The molecule has 0 atom stereocenters. The minimum absolute atomic E-state index is 0.977. The van der Waals surface area contributed by atoms with Crippen molar-refractivity contribution in [1.29, 1.82) is 0 Å². The Morgan fingerprint density at radius 3 is 1.57 bits per heavy atom. The van der Waals surface area contributed by atoms with Crippen LogP contribution in [0.15, 0.2) is 24.3 Å². The summed E-state index contributed by atoms with van der Waals surface area (Å²) in [5.74, 6) is 12.0. The second-order valence-corrected chi connectivity index (χ2v) is 2.86. The van der Waals surface area contributed by atoms with E-state index in [1.165, 1.54) is 0 Å². The second-order valence-electron chi connectivity index (χ2n) is 2.86. The molecule has 14 heavy (non-hydrogen) atoms. The maximum absolute atomic E-state index is 3.04. The van der Waals surface area contributed by atoms with Crippen molar-refractivity contribution in [2.24, 2.45) is 0 Å². The van der Waals surface area contributed by atoms with Gasteiger partial charge in [0.15, 0.2) is 0 Å². The molecule has 0 aliphatic heterocycles. The maximum Gasteiger partial charge on any atom is 0.00896 e. The molecule has 0 bridgehead atoms. The molecular weight excluding hydrogens is 168 g/mol. The monoisotopic (exact) mass is 186 g/mol. The summed E-state index contributed by atoms with van der Waals surface area (Å²) in [5.41, 5.74) is 0. The van der Waals surface area contributed by atoms with E-state index in [9.17, 15) is 0 Å². The van der Waals surface area contributed by atoms with Crippen LogP contribution >= 0.6 is 0 Å². The fraction of sp³-hybridized carbons (Fsp3) is 0.429. The van der Waals surface area contributed by atoms with Gasteiger partial charge in [0.25, 0.3) is 0 Å². The Hall–Kier alpha value is -1.40. The van der Waals surface area contributed by atoms with E-state index in [4.69, 9.17) is 0 Å². The van der Waals surface area contributed by atoms with Crippen LogP contribution in [0.1, 0.15) is 39.5 Å². The van der Waals surface area contributed by atoms with Crippen molar-refractivity contribution in [2.75, 3.05) is 0 Å². The standard InChI is InChI=1S/C14H18/c1-3-5-7-9-11-13-14-12-10-8-6-4-2/h11-14H,3-6H2,1-2H3/b13-11-,14-12-. The average Bonchev–Trinajstić information content (AvgIpc) is 2.21. The van der Waals surface area contributed by atoms with Gasteiger partial charge >= 0.3 is 0 Å². The Balaban J connectivity index is 3.63. The highest BCUT2D eigenvalue weighted by Gasteiger charge is 1.67. The lowest BCUT2D eigenvalue weighted by Crippen LogP contribution is -1.60. The first-order valence-electron chi connectivity index (χ1n) is 5.20. The van der Waals surface area contributed by atoms with Gasteiger partial charge in [0, 0.05) is 12.8 Å². The molecule has 0 radical (unpaired) electrons. The zero-order chi connectivity index (χ0) is 10.5. The van der Waals surface area contributed by atoms with Gasteiger partial charge in [0.2, 0.25) is 0 Å². The molecule has 0 rings (SSSR count). The number of hydrogen-bond donors (Lipinski definition) is 0. The largest absolute Gasteiger partial charge is 0.0985 e. The molecule has 0 aromatic heterocycles. The Labute approximate surface area is 88.1 Å². The lowest BCUT2D eigenvalue weighted by atomic mass is 10.3. The zero-order valence-electron chi connectivity index (χ0n) is 9.14. The molecular formula is C14H18. The van der Waals surface area contributed by atoms with Crippen LogP contribution in [0.4, 0.5) is 0 Å².